The molecule has 1 N–H and O–H groups in total. The van der Waals surface area contributed by atoms with Crippen LogP contribution in [0.3, 0.4) is 0 Å². The van der Waals surface area contributed by atoms with Gasteiger partial charge in [-0.2, -0.15) is 0 Å². The van der Waals surface area contributed by atoms with E-state index < -0.39 is 5.97 Å². The molecule has 78 valence electrons. The molecule has 1 atom stereocenters. The largest absolute Gasteiger partial charge is 0.481 e. The second-order valence-electron chi connectivity index (χ2n) is 3.75. The van der Waals surface area contributed by atoms with E-state index in [0.29, 0.717) is 12.3 Å². The topological polar surface area (TPSA) is 40.5 Å². The van der Waals surface area contributed by atoms with Crippen LogP contribution in [0.15, 0.2) is 0 Å². The Balaban J connectivity index is 2.19. The van der Waals surface area contributed by atoms with Crippen LogP contribution >= 0.6 is 0 Å². The zero-order chi connectivity index (χ0) is 10.4. The predicted molar refractivity (Wildman–Crippen MR) is 54.9 cm³/mol. The van der Waals surface area contributed by atoms with Crippen LogP contribution in [0.1, 0.15) is 26.2 Å². The van der Waals surface area contributed by atoms with Crippen LogP contribution in [-0.4, -0.2) is 35.6 Å². The van der Waals surface area contributed by atoms with Gasteiger partial charge in [0, 0.05) is 13.0 Å². The third-order valence-electron chi connectivity index (χ3n) is 2.62. The van der Waals surface area contributed by atoms with Gasteiger partial charge < -0.3 is 5.11 Å². The minimum absolute atomic E-state index is 0.304. The lowest BCUT2D eigenvalue weighted by Gasteiger charge is -2.11. The Bertz CT molecular complexity index is 252. The molecule has 0 bridgehead atoms. The Morgan fingerprint density at radius 3 is 3.07 bits per heavy atom. The lowest BCUT2D eigenvalue weighted by molar-refractivity contribution is -0.137. The van der Waals surface area contributed by atoms with Crippen LogP contribution in [0.25, 0.3) is 0 Å². The minimum atomic E-state index is -0.684. The van der Waals surface area contributed by atoms with Crippen LogP contribution in [0.2, 0.25) is 0 Å². The first kappa shape index (κ1) is 11.1. The number of nitrogens with zero attached hydrogens (tertiary/aromatic N) is 1. The number of likely N-dealkylation sites (tertiary alicyclic amines) is 1. The number of carbonyl (C=O) groups is 1. The molecule has 3 nitrogen and oxygen atoms in total. The van der Waals surface area contributed by atoms with Crippen molar-refractivity contribution in [2.45, 2.75) is 26.2 Å². The summed E-state index contributed by atoms with van der Waals surface area (Å²) >= 11 is 0. The van der Waals surface area contributed by atoms with E-state index in [-0.39, 0.29) is 0 Å². The van der Waals surface area contributed by atoms with Crippen molar-refractivity contribution in [2.75, 3.05) is 19.6 Å². The van der Waals surface area contributed by atoms with Gasteiger partial charge in [-0.25, -0.2) is 0 Å². The molecule has 1 rings (SSSR count). The lowest BCUT2D eigenvalue weighted by Crippen LogP contribution is -2.21. The highest BCUT2D eigenvalue weighted by Crippen LogP contribution is 2.20. The van der Waals surface area contributed by atoms with Crippen molar-refractivity contribution in [3.05, 3.63) is 0 Å². The van der Waals surface area contributed by atoms with E-state index in [4.69, 9.17) is 5.11 Å². The van der Waals surface area contributed by atoms with E-state index in [1.807, 2.05) is 6.92 Å². The van der Waals surface area contributed by atoms with Gasteiger partial charge in [0.2, 0.25) is 0 Å². The maximum atomic E-state index is 10.4. The van der Waals surface area contributed by atoms with Gasteiger partial charge in [0.05, 0.1) is 6.54 Å². The highest BCUT2D eigenvalue weighted by Gasteiger charge is 2.21. The fourth-order valence-corrected chi connectivity index (χ4v) is 1.81. The highest BCUT2D eigenvalue weighted by molar-refractivity contribution is 5.66. The summed E-state index contributed by atoms with van der Waals surface area (Å²) in [5.41, 5.74) is 0. The molecule has 0 aliphatic carbocycles. The van der Waals surface area contributed by atoms with E-state index in [1.165, 1.54) is 0 Å². The number of carboxylic acid groups (broad SMARTS) is 1. The molecule has 3 heteroatoms. The first-order valence-corrected chi connectivity index (χ1v) is 5.06. The molecule has 0 aromatic rings. The molecule has 0 spiro atoms. The monoisotopic (exact) mass is 195 g/mol. The maximum Gasteiger partial charge on any atom is 0.303 e. The first-order valence-electron chi connectivity index (χ1n) is 5.06. The fourth-order valence-electron chi connectivity index (χ4n) is 1.81. The standard InChI is InChI=1S/C11H17NO2/c1-2-3-7-12-8-6-10(9-12)4-5-11(13)14/h10H,4-9H2,1H3,(H,13,14). The van der Waals surface area contributed by atoms with Gasteiger partial charge in [0.25, 0.3) is 0 Å². The molecule has 1 unspecified atom stereocenters. The number of rotatable bonds is 4. The van der Waals surface area contributed by atoms with Crippen molar-refractivity contribution in [3.63, 3.8) is 0 Å². The van der Waals surface area contributed by atoms with Gasteiger partial charge in [0.15, 0.2) is 0 Å². The molecule has 0 aromatic heterocycles. The molecule has 0 saturated carbocycles. The molecular weight excluding hydrogens is 178 g/mol. The van der Waals surface area contributed by atoms with Crippen LogP contribution in [-0.2, 0) is 4.79 Å². The van der Waals surface area contributed by atoms with E-state index in [0.717, 1.165) is 32.5 Å². The molecule has 1 aliphatic rings. The fraction of sp³-hybridized carbons (Fsp3) is 0.727. The van der Waals surface area contributed by atoms with Gasteiger partial charge in [-0.3, -0.25) is 9.69 Å². The van der Waals surface area contributed by atoms with Gasteiger partial charge in [-0.05, 0) is 32.2 Å². The second kappa shape index (κ2) is 5.66. The minimum Gasteiger partial charge on any atom is -0.481 e. The third-order valence-corrected chi connectivity index (χ3v) is 2.62. The number of hydrogen-bond acceptors (Lipinski definition) is 2. The Morgan fingerprint density at radius 1 is 1.64 bits per heavy atom. The predicted octanol–water partition coefficient (Wildman–Crippen LogP) is 1.20. The van der Waals surface area contributed by atoms with Crippen LogP contribution < -0.4 is 0 Å². The normalized spacial score (nSPS) is 21.6. The average molecular weight is 195 g/mol. The van der Waals surface area contributed by atoms with Crippen LogP contribution in [0.4, 0.5) is 0 Å². The first-order chi connectivity index (χ1) is 6.72. The molecule has 0 amide bonds. The maximum absolute atomic E-state index is 10.4. The summed E-state index contributed by atoms with van der Waals surface area (Å²) < 4.78 is 0. The zero-order valence-corrected chi connectivity index (χ0v) is 8.62. The average Bonchev–Trinajstić information content (AvgIpc) is 2.59. The summed E-state index contributed by atoms with van der Waals surface area (Å²) in [7, 11) is 0. The van der Waals surface area contributed by atoms with Crippen molar-refractivity contribution in [2.24, 2.45) is 5.92 Å². The summed E-state index contributed by atoms with van der Waals surface area (Å²) in [6, 6.07) is 0. The number of carboxylic acids is 1. The van der Waals surface area contributed by atoms with Gasteiger partial charge in [-0.1, -0.05) is 5.92 Å². The number of hydrogen-bond donors (Lipinski definition) is 1. The van der Waals surface area contributed by atoms with Crippen molar-refractivity contribution in [1.29, 1.82) is 0 Å². The molecule has 1 fully saturated rings. The molecule has 1 heterocycles. The van der Waals surface area contributed by atoms with Crippen molar-refractivity contribution < 1.29 is 9.90 Å². The second-order valence-corrected chi connectivity index (χ2v) is 3.75. The van der Waals surface area contributed by atoms with E-state index in [1.54, 1.807) is 0 Å². The van der Waals surface area contributed by atoms with Crippen molar-refractivity contribution in [3.8, 4) is 11.8 Å². The molecule has 14 heavy (non-hydrogen) atoms. The highest BCUT2D eigenvalue weighted by atomic mass is 16.4. The van der Waals surface area contributed by atoms with Crippen molar-refractivity contribution >= 4 is 5.97 Å². The summed E-state index contributed by atoms with van der Waals surface area (Å²) in [4.78, 5) is 12.7. The Hall–Kier alpha value is -1.01. The summed E-state index contributed by atoms with van der Waals surface area (Å²) in [5.74, 6) is 5.79. The quantitative estimate of drug-likeness (QED) is 0.685. The van der Waals surface area contributed by atoms with E-state index >= 15 is 0 Å². The van der Waals surface area contributed by atoms with Gasteiger partial charge in [-0.15, -0.1) is 5.92 Å². The molecule has 0 radical (unpaired) electrons. The van der Waals surface area contributed by atoms with Crippen molar-refractivity contribution in [1.82, 2.24) is 4.90 Å². The third kappa shape index (κ3) is 3.80. The van der Waals surface area contributed by atoms with Crippen LogP contribution in [0, 0.1) is 17.8 Å². The Kier molecular flexibility index (Phi) is 4.48. The SMILES string of the molecule is CC#CCN1CCC(CCC(=O)O)C1. The summed E-state index contributed by atoms with van der Waals surface area (Å²) in [5, 5.41) is 8.55. The summed E-state index contributed by atoms with van der Waals surface area (Å²) in [6.07, 6.45) is 2.24. The smallest absolute Gasteiger partial charge is 0.303 e. The lowest BCUT2D eigenvalue weighted by atomic mass is 10.0. The zero-order valence-electron chi connectivity index (χ0n) is 8.62. The Labute approximate surface area is 85.1 Å². The van der Waals surface area contributed by atoms with Gasteiger partial charge >= 0.3 is 5.97 Å². The number of aliphatic carboxylic acids is 1. The molecule has 1 aliphatic heterocycles. The van der Waals surface area contributed by atoms with Gasteiger partial charge in [0.1, 0.15) is 0 Å². The summed E-state index contributed by atoms with van der Waals surface area (Å²) in [6.45, 7) is 4.76. The van der Waals surface area contributed by atoms with E-state index in [2.05, 4.69) is 16.7 Å². The Morgan fingerprint density at radius 2 is 2.43 bits per heavy atom. The molecule has 1 saturated heterocycles. The molecule has 0 aromatic carbocycles. The molecular formula is C11H17NO2. The van der Waals surface area contributed by atoms with Crippen LogP contribution in [0.5, 0.6) is 0 Å². The van der Waals surface area contributed by atoms with E-state index in [9.17, 15) is 4.79 Å².